The zero-order valence-electron chi connectivity index (χ0n) is 9.66. The van der Waals surface area contributed by atoms with Gasteiger partial charge in [0.1, 0.15) is 11.6 Å². The molecule has 0 spiro atoms. The van der Waals surface area contributed by atoms with E-state index in [1.165, 1.54) is 13.8 Å². The average Bonchev–Trinajstić information content (AvgIpc) is 1.88. The fraction of sp³-hybridized carbons (Fsp3) is 0.625. The molecule has 0 aromatic carbocycles. The molecule has 0 aliphatic rings. The Morgan fingerprint density at radius 2 is 1.21 bits per heavy atom. The van der Waals surface area contributed by atoms with Crippen LogP contribution in [0.4, 0.5) is 0 Å². The van der Waals surface area contributed by atoms with Crippen LogP contribution in [0, 0.1) is 7.43 Å². The van der Waals surface area contributed by atoms with Crippen molar-refractivity contribution in [3.8, 4) is 0 Å². The normalized spacial score (nSPS) is 6.14. The van der Waals surface area contributed by atoms with Crippen LogP contribution in [0.2, 0.25) is 0 Å². The molecule has 0 aliphatic carbocycles. The molecule has 2 nitrogen and oxygen atoms in total. The van der Waals surface area contributed by atoms with Crippen LogP contribution in [0.1, 0.15) is 34.1 Å². The average molecular weight is 533 g/mol. The second-order valence-electron chi connectivity index (χ2n) is 2.02. The molecule has 0 bridgehead atoms. The Morgan fingerprint density at radius 3 is 1.21 bits per heavy atom. The van der Waals surface area contributed by atoms with Gasteiger partial charge in [0.15, 0.2) is 0 Å². The second-order valence-corrected chi connectivity index (χ2v) is 18.3. The molecule has 0 atom stereocenters. The molecule has 0 aromatic heterocycles. The van der Waals surface area contributed by atoms with Crippen LogP contribution in [-0.2, 0) is 9.59 Å². The number of hydrogen-bond acceptors (Lipinski definition) is 2. The minimum Gasteiger partial charge on any atom is -0.358 e. The number of ketones is 2. The van der Waals surface area contributed by atoms with Gasteiger partial charge in [-0.1, -0.05) is 6.92 Å². The Bertz CT molecular complexity index is 117. The first-order chi connectivity index (χ1) is 5.42. The predicted molar refractivity (Wildman–Crippen MR) is 71.8 cm³/mol. The molecule has 0 fully saturated rings. The summed E-state index contributed by atoms with van der Waals surface area (Å²) in [6.07, 6.45) is 0.667. The molecule has 0 aliphatic heterocycles. The first kappa shape index (κ1) is 29.8. The zero-order chi connectivity index (χ0) is 10.6. The monoisotopic (exact) mass is 533 g/mol. The first-order valence-corrected chi connectivity index (χ1v) is 15.8. The van der Waals surface area contributed by atoms with Gasteiger partial charge in [-0.2, -0.15) is 0 Å². The van der Waals surface area contributed by atoms with Crippen molar-refractivity contribution in [1.29, 1.82) is 0 Å². The number of halogens is 3. The minimum absolute atomic E-state index is 0. The Kier molecular flexibility index (Phi) is 62.7. The van der Waals surface area contributed by atoms with E-state index in [2.05, 4.69) is 37.2 Å². The summed E-state index contributed by atoms with van der Waals surface area (Å²) in [5, 5.41) is 0. The summed E-state index contributed by atoms with van der Waals surface area (Å²) in [5.74, 6) is 0.421. The first-order valence-electron chi connectivity index (χ1n) is 3.25. The van der Waals surface area contributed by atoms with Gasteiger partial charge in [0, 0.05) is 6.42 Å². The largest absolute Gasteiger partial charge is 1.00 e. The van der Waals surface area contributed by atoms with Gasteiger partial charge in [-0.05, 0) is 20.8 Å². The quantitative estimate of drug-likeness (QED) is 0.219. The number of carbonyl (C=O) groups excluding carboxylic acids is 2. The third kappa shape index (κ3) is 143. The minimum atomic E-state index is 0. The molecule has 0 saturated carbocycles. The van der Waals surface area contributed by atoms with Gasteiger partial charge in [-0.25, -0.2) is 0 Å². The van der Waals surface area contributed by atoms with Crippen molar-refractivity contribution in [3.63, 3.8) is 0 Å². The molecule has 0 heterocycles. The van der Waals surface area contributed by atoms with Crippen LogP contribution in [-0.4, -0.2) is 11.6 Å². The van der Waals surface area contributed by atoms with Gasteiger partial charge in [0.25, 0.3) is 0 Å². The van der Waals surface area contributed by atoms with E-state index in [4.69, 9.17) is 0 Å². The zero-order valence-corrected chi connectivity index (χ0v) is 16.1. The van der Waals surface area contributed by atoms with Crippen molar-refractivity contribution in [3.05, 3.63) is 7.43 Å². The van der Waals surface area contributed by atoms with Crippen molar-refractivity contribution in [1.82, 2.24) is 0 Å². The Labute approximate surface area is 130 Å². The molecule has 0 amide bonds. The van der Waals surface area contributed by atoms with E-state index in [1.807, 2.05) is 6.92 Å². The van der Waals surface area contributed by atoms with Crippen LogP contribution in [0.25, 0.3) is 0 Å². The Hall–Kier alpha value is 2.13. The van der Waals surface area contributed by atoms with E-state index in [-0.39, 0.29) is 37.9 Å². The SMILES string of the molecule is CC(C)=O.CCC(C)=O.I[I-]I.[CH3-].[Li+]. The molecular weight excluding hydrogens is 516 g/mol. The van der Waals surface area contributed by atoms with Crippen molar-refractivity contribution >= 4 is 48.8 Å². The number of Topliss-reactive ketones (excluding diaryl/α,β-unsaturated/α-hetero) is 2. The van der Waals surface area contributed by atoms with Crippen molar-refractivity contribution in [2.24, 2.45) is 0 Å². The fourth-order valence-electron chi connectivity index (χ4n) is 0. The van der Waals surface area contributed by atoms with E-state index in [9.17, 15) is 9.59 Å². The smallest absolute Gasteiger partial charge is 0.358 e. The molecule has 6 heteroatoms. The Morgan fingerprint density at radius 1 is 1.14 bits per heavy atom. The third-order valence-electron chi connectivity index (χ3n) is 0.498. The number of carbonyl (C=O) groups is 2. The van der Waals surface area contributed by atoms with Gasteiger partial charge in [-0.15, -0.1) is 0 Å². The van der Waals surface area contributed by atoms with E-state index < -0.39 is 0 Å². The van der Waals surface area contributed by atoms with Crippen LogP contribution in [0.3, 0.4) is 0 Å². The second kappa shape index (κ2) is 29.4. The van der Waals surface area contributed by atoms with Gasteiger partial charge >= 0.3 is 69.3 Å². The molecule has 0 unspecified atom stereocenters. The summed E-state index contributed by atoms with van der Waals surface area (Å²) in [6.45, 7) is 6.49. The topological polar surface area (TPSA) is 34.1 Å². The van der Waals surface area contributed by atoms with Crippen LogP contribution >= 0.6 is 37.2 Å². The molecule has 0 radical (unpaired) electrons. The number of hydrogen-bond donors (Lipinski definition) is 0. The van der Waals surface area contributed by atoms with E-state index in [1.54, 1.807) is 6.92 Å². The van der Waals surface area contributed by atoms with Crippen LogP contribution < -0.4 is 32.1 Å². The molecule has 84 valence electrons. The van der Waals surface area contributed by atoms with Gasteiger partial charge in [0.2, 0.25) is 0 Å². The summed E-state index contributed by atoms with van der Waals surface area (Å²) in [7, 11) is 0. The molecule has 0 rings (SSSR count). The van der Waals surface area contributed by atoms with E-state index >= 15 is 0 Å². The van der Waals surface area contributed by atoms with Gasteiger partial charge in [0.05, 0.1) is 0 Å². The Balaban J connectivity index is -0.0000000278. The molecular formula is C8H17I3LiO2-. The van der Waals surface area contributed by atoms with E-state index in [0.29, 0.717) is 19.7 Å². The van der Waals surface area contributed by atoms with Crippen molar-refractivity contribution in [2.45, 2.75) is 34.1 Å². The summed E-state index contributed by atoms with van der Waals surface area (Å²) in [5.41, 5.74) is 0. The summed E-state index contributed by atoms with van der Waals surface area (Å²) < 4.78 is 0. The van der Waals surface area contributed by atoms with Gasteiger partial charge in [-0.3, -0.25) is 0 Å². The molecule has 0 saturated heterocycles. The maximum Gasteiger partial charge on any atom is 1.00 e. The maximum atomic E-state index is 9.81. The summed E-state index contributed by atoms with van der Waals surface area (Å²) in [6, 6.07) is 0. The third-order valence-corrected chi connectivity index (χ3v) is 0.498. The molecule has 14 heavy (non-hydrogen) atoms. The molecule has 0 aromatic rings. The summed E-state index contributed by atoms with van der Waals surface area (Å²) >= 11 is 5.30. The standard InChI is InChI=1S/C4H8O.C3H6O.CH3.I3.Li/c1-3-4(2)5;1-3(2)4;;1-3-2;/h3H2,1-2H3;1-2H3;1H3;;/q;;2*-1;+1. The van der Waals surface area contributed by atoms with Gasteiger partial charge < -0.3 is 17.0 Å². The fourth-order valence-corrected chi connectivity index (χ4v) is 0. The van der Waals surface area contributed by atoms with Crippen molar-refractivity contribution < 1.29 is 41.7 Å². The predicted octanol–water partition coefficient (Wildman–Crippen LogP) is -2.19. The van der Waals surface area contributed by atoms with E-state index in [0.717, 1.165) is 0 Å². The maximum absolute atomic E-state index is 9.81. The van der Waals surface area contributed by atoms with Crippen LogP contribution in [0.15, 0.2) is 0 Å². The molecule has 0 N–H and O–H groups in total. The van der Waals surface area contributed by atoms with Crippen molar-refractivity contribution in [2.75, 3.05) is 0 Å². The summed E-state index contributed by atoms with van der Waals surface area (Å²) in [4.78, 5) is 19.3. The van der Waals surface area contributed by atoms with Crippen LogP contribution in [0.5, 0.6) is 0 Å². The number of rotatable bonds is 1.